The molecule has 0 aliphatic carbocycles. The molecule has 1 aliphatic rings. The summed E-state index contributed by atoms with van der Waals surface area (Å²) in [5.74, 6) is 2.83. The molecule has 7 nitrogen and oxygen atoms in total. The topological polar surface area (TPSA) is 81.0 Å². The lowest BCUT2D eigenvalue weighted by atomic mass is 10.1. The average Bonchev–Trinajstić information content (AvgIpc) is 3.17. The van der Waals surface area contributed by atoms with Crippen LogP contribution in [0.5, 0.6) is 5.75 Å². The van der Waals surface area contributed by atoms with E-state index >= 15 is 0 Å². The zero-order chi connectivity index (χ0) is 24.3. The van der Waals surface area contributed by atoms with Crippen molar-refractivity contribution in [1.29, 1.82) is 0 Å². The maximum absolute atomic E-state index is 13.1. The van der Waals surface area contributed by atoms with E-state index in [0.29, 0.717) is 29.3 Å². The van der Waals surface area contributed by atoms with Crippen molar-refractivity contribution in [2.75, 3.05) is 13.2 Å². The van der Waals surface area contributed by atoms with Crippen molar-refractivity contribution in [2.45, 2.75) is 50.6 Å². The molecular formula is C25H27N3O4S2. The minimum absolute atomic E-state index is 0.0313. The number of benzene rings is 2. The number of terminal acetylenes is 1. The third-order valence-electron chi connectivity index (χ3n) is 5.86. The summed E-state index contributed by atoms with van der Waals surface area (Å²) in [6, 6.07) is 11.6. The van der Waals surface area contributed by atoms with E-state index in [0.717, 1.165) is 29.5 Å². The molecule has 1 unspecified atom stereocenters. The maximum Gasteiger partial charge on any atom is 0.279 e. The van der Waals surface area contributed by atoms with Gasteiger partial charge in [0.1, 0.15) is 11.3 Å². The molecule has 34 heavy (non-hydrogen) atoms. The Morgan fingerprint density at radius 1 is 1.24 bits per heavy atom. The van der Waals surface area contributed by atoms with Gasteiger partial charge in [0.2, 0.25) is 10.0 Å². The number of aromatic nitrogens is 1. The van der Waals surface area contributed by atoms with Crippen LogP contribution in [-0.4, -0.2) is 42.4 Å². The Balaban J connectivity index is 1.68. The van der Waals surface area contributed by atoms with Crippen LogP contribution < -0.4 is 9.54 Å². The molecule has 0 N–H and O–H groups in total. The summed E-state index contributed by atoms with van der Waals surface area (Å²) in [6.07, 6.45) is 8.32. The van der Waals surface area contributed by atoms with Gasteiger partial charge in [0, 0.05) is 18.2 Å². The Morgan fingerprint density at radius 3 is 2.68 bits per heavy atom. The number of amides is 1. The Labute approximate surface area is 203 Å². The van der Waals surface area contributed by atoms with Gasteiger partial charge in [-0.05, 0) is 63.1 Å². The second-order valence-electron chi connectivity index (χ2n) is 8.11. The van der Waals surface area contributed by atoms with E-state index < -0.39 is 15.9 Å². The average molecular weight is 498 g/mol. The van der Waals surface area contributed by atoms with Crippen LogP contribution in [0.2, 0.25) is 0 Å². The molecule has 0 spiro atoms. The van der Waals surface area contributed by atoms with Crippen molar-refractivity contribution in [3.63, 3.8) is 0 Å². The number of rotatable bonds is 6. The van der Waals surface area contributed by atoms with Crippen molar-refractivity contribution in [3.05, 3.63) is 52.8 Å². The Morgan fingerprint density at radius 2 is 2.00 bits per heavy atom. The summed E-state index contributed by atoms with van der Waals surface area (Å²) in [5.41, 5.74) is 1.11. The van der Waals surface area contributed by atoms with E-state index in [-0.39, 0.29) is 17.5 Å². The minimum Gasteiger partial charge on any atom is -0.492 e. The van der Waals surface area contributed by atoms with Crippen molar-refractivity contribution in [3.8, 4) is 18.1 Å². The van der Waals surface area contributed by atoms with Crippen LogP contribution in [0.4, 0.5) is 0 Å². The van der Waals surface area contributed by atoms with Gasteiger partial charge in [-0.3, -0.25) is 4.79 Å². The van der Waals surface area contributed by atoms with E-state index in [9.17, 15) is 13.2 Å². The molecule has 1 aliphatic heterocycles. The molecular weight excluding hydrogens is 470 g/mol. The maximum atomic E-state index is 13.1. The standard InChI is InChI=1S/C25H27N3O4S2/c1-4-16-27-23-21(32-5-2)10-8-11-22(23)33-25(27)26-24(29)19-12-14-20(15-13-19)34(30,31)28-17-7-6-9-18(28)3/h1,8,10-15,18H,5-7,9,16-17H2,2-3H3. The molecule has 0 saturated carbocycles. The van der Waals surface area contributed by atoms with Crippen LogP contribution in [0.25, 0.3) is 10.2 Å². The summed E-state index contributed by atoms with van der Waals surface area (Å²) in [4.78, 5) is 17.9. The first kappa shape index (κ1) is 24.2. The SMILES string of the molecule is C#CCn1c(=NC(=O)c2ccc(S(=O)(=O)N3CCCCC3C)cc2)sc2cccc(OCC)c21. The van der Waals surface area contributed by atoms with Crippen LogP contribution in [-0.2, 0) is 16.6 Å². The van der Waals surface area contributed by atoms with Gasteiger partial charge in [0.15, 0.2) is 4.80 Å². The highest BCUT2D eigenvalue weighted by Gasteiger charge is 2.30. The van der Waals surface area contributed by atoms with Crippen molar-refractivity contribution >= 4 is 37.5 Å². The predicted molar refractivity (Wildman–Crippen MR) is 133 cm³/mol. The smallest absolute Gasteiger partial charge is 0.279 e. The van der Waals surface area contributed by atoms with Gasteiger partial charge in [-0.1, -0.05) is 29.7 Å². The number of hydrogen-bond acceptors (Lipinski definition) is 5. The van der Waals surface area contributed by atoms with Gasteiger partial charge in [-0.25, -0.2) is 8.42 Å². The zero-order valence-corrected chi connectivity index (χ0v) is 20.9. The molecule has 1 aromatic heterocycles. The van der Waals surface area contributed by atoms with Gasteiger partial charge in [0.05, 0.1) is 22.7 Å². The van der Waals surface area contributed by atoms with Crippen molar-refractivity contribution in [1.82, 2.24) is 8.87 Å². The number of sulfonamides is 1. The fourth-order valence-corrected chi connectivity index (χ4v) is 6.92. The number of carbonyl (C=O) groups is 1. The Bertz CT molecular complexity index is 1410. The molecule has 4 rings (SSSR count). The predicted octanol–water partition coefficient (Wildman–Crippen LogP) is 4.04. The number of carbonyl (C=O) groups excluding carboxylic acids is 1. The van der Waals surface area contributed by atoms with Crippen molar-refractivity contribution in [2.24, 2.45) is 4.99 Å². The van der Waals surface area contributed by atoms with Crippen LogP contribution in [0.3, 0.4) is 0 Å². The highest BCUT2D eigenvalue weighted by molar-refractivity contribution is 7.89. The normalized spacial score (nSPS) is 17.6. The van der Waals surface area contributed by atoms with Crippen LogP contribution >= 0.6 is 11.3 Å². The van der Waals surface area contributed by atoms with Gasteiger partial charge >= 0.3 is 0 Å². The first-order valence-electron chi connectivity index (χ1n) is 11.3. The molecule has 178 valence electrons. The number of hydrogen-bond donors (Lipinski definition) is 0. The van der Waals surface area contributed by atoms with Gasteiger partial charge in [-0.15, -0.1) is 6.42 Å². The van der Waals surface area contributed by atoms with E-state index in [1.54, 1.807) is 8.87 Å². The Hall–Kier alpha value is -2.93. The molecule has 1 fully saturated rings. The highest BCUT2D eigenvalue weighted by atomic mass is 32.2. The lowest BCUT2D eigenvalue weighted by Crippen LogP contribution is -2.41. The monoisotopic (exact) mass is 497 g/mol. The van der Waals surface area contributed by atoms with E-state index in [1.807, 2.05) is 32.0 Å². The van der Waals surface area contributed by atoms with Gasteiger partial charge in [0.25, 0.3) is 5.91 Å². The summed E-state index contributed by atoms with van der Waals surface area (Å²) in [7, 11) is -3.60. The van der Waals surface area contributed by atoms with Crippen molar-refractivity contribution < 1.29 is 17.9 Å². The molecule has 9 heteroatoms. The second-order valence-corrected chi connectivity index (χ2v) is 11.0. The third kappa shape index (κ3) is 4.67. The molecule has 1 saturated heterocycles. The number of para-hydroxylation sites is 1. The van der Waals surface area contributed by atoms with Crippen LogP contribution in [0, 0.1) is 12.3 Å². The fourth-order valence-electron chi connectivity index (χ4n) is 4.18. The Kier molecular flexibility index (Phi) is 7.22. The number of ether oxygens (including phenoxy) is 1. The van der Waals surface area contributed by atoms with Gasteiger partial charge in [-0.2, -0.15) is 9.30 Å². The quantitative estimate of drug-likeness (QED) is 0.482. The van der Waals surface area contributed by atoms with Gasteiger partial charge < -0.3 is 9.30 Å². The summed E-state index contributed by atoms with van der Waals surface area (Å²) < 4.78 is 36.1. The lowest BCUT2D eigenvalue weighted by molar-refractivity contribution is 0.0997. The molecule has 2 aromatic carbocycles. The molecule has 2 heterocycles. The first-order valence-corrected chi connectivity index (χ1v) is 13.5. The number of fused-ring (bicyclic) bond motifs is 1. The number of thiazole rings is 1. The minimum atomic E-state index is -3.60. The largest absolute Gasteiger partial charge is 0.492 e. The number of piperidine rings is 1. The second kappa shape index (κ2) is 10.1. The summed E-state index contributed by atoms with van der Waals surface area (Å²) in [6.45, 7) is 5.09. The third-order valence-corrected chi connectivity index (χ3v) is 8.93. The van der Waals surface area contributed by atoms with E-state index in [4.69, 9.17) is 11.2 Å². The number of nitrogens with zero attached hydrogens (tertiary/aromatic N) is 3. The molecule has 0 radical (unpaired) electrons. The molecule has 1 atom stereocenters. The van der Waals surface area contributed by atoms with E-state index in [2.05, 4.69) is 10.9 Å². The molecule has 0 bridgehead atoms. The molecule has 1 amide bonds. The first-order chi connectivity index (χ1) is 16.4. The summed E-state index contributed by atoms with van der Waals surface area (Å²) >= 11 is 1.35. The lowest BCUT2D eigenvalue weighted by Gasteiger charge is -2.32. The zero-order valence-electron chi connectivity index (χ0n) is 19.2. The highest BCUT2D eigenvalue weighted by Crippen LogP contribution is 2.28. The molecule has 3 aromatic rings. The van der Waals surface area contributed by atoms with Crippen LogP contribution in [0.1, 0.15) is 43.5 Å². The van der Waals surface area contributed by atoms with Crippen LogP contribution in [0.15, 0.2) is 52.4 Å². The fraction of sp³-hybridized carbons (Fsp3) is 0.360. The summed E-state index contributed by atoms with van der Waals surface area (Å²) in [5, 5.41) is 0. The van der Waals surface area contributed by atoms with E-state index in [1.165, 1.54) is 35.6 Å².